The number of hydrogen-bond donors (Lipinski definition) is 1. The van der Waals surface area contributed by atoms with Crippen LogP contribution in [0.15, 0.2) is 59.0 Å². The Balaban J connectivity index is 1.58. The summed E-state index contributed by atoms with van der Waals surface area (Å²) in [6.45, 7) is 4.02. The average molecular weight is 383 g/mol. The Bertz CT molecular complexity index is 966. The van der Waals surface area contributed by atoms with Gasteiger partial charge in [-0.3, -0.25) is 4.79 Å². The van der Waals surface area contributed by atoms with E-state index in [0.29, 0.717) is 5.89 Å². The molecule has 0 aliphatic heterocycles. The maximum Gasteiger partial charge on any atom is 0.287 e. The van der Waals surface area contributed by atoms with Crippen molar-refractivity contribution in [3.8, 4) is 5.75 Å². The molecule has 27 heavy (non-hydrogen) atoms. The van der Waals surface area contributed by atoms with Gasteiger partial charge in [0.25, 0.3) is 10.7 Å². The van der Waals surface area contributed by atoms with Crippen molar-refractivity contribution in [2.24, 2.45) is 0 Å². The molecule has 0 saturated carbocycles. The standard InChI is InChI=1S/C20H21N3O3S/c1-14-8-6-7-11-17(14)25-13-19-22-23(20(27)26-19)12-18(24)21-15(2)16-9-4-3-5-10-16/h3-11,15H,12-13H2,1-2H3,(H,21,24)/t15-/m0/s1. The summed E-state index contributed by atoms with van der Waals surface area (Å²) >= 11 is 5.15. The highest BCUT2D eigenvalue weighted by molar-refractivity contribution is 7.71. The van der Waals surface area contributed by atoms with Gasteiger partial charge < -0.3 is 14.5 Å². The molecule has 0 fully saturated rings. The van der Waals surface area contributed by atoms with Crippen molar-refractivity contribution in [2.75, 3.05) is 0 Å². The molecule has 1 aromatic heterocycles. The van der Waals surface area contributed by atoms with Gasteiger partial charge in [-0.05, 0) is 43.3 Å². The van der Waals surface area contributed by atoms with Crippen LogP contribution in [0.1, 0.15) is 30.0 Å². The summed E-state index contributed by atoms with van der Waals surface area (Å²) in [6.07, 6.45) is 0. The summed E-state index contributed by atoms with van der Waals surface area (Å²) < 4.78 is 12.5. The minimum Gasteiger partial charge on any atom is -0.484 e. The van der Waals surface area contributed by atoms with Crippen molar-refractivity contribution in [2.45, 2.75) is 33.0 Å². The lowest BCUT2D eigenvalue weighted by molar-refractivity contribution is -0.122. The molecule has 0 unspecified atom stereocenters. The van der Waals surface area contributed by atoms with Gasteiger partial charge in [-0.15, -0.1) is 5.10 Å². The summed E-state index contributed by atoms with van der Waals surface area (Å²) in [5.74, 6) is 0.886. The van der Waals surface area contributed by atoms with Crippen LogP contribution in [0.3, 0.4) is 0 Å². The highest BCUT2D eigenvalue weighted by Gasteiger charge is 2.13. The van der Waals surface area contributed by atoms with Crippen LogP contribution in [0.4, 0.5) is 0 Å². The minimum absolute atomic E-state index is 0.0100. The van der Waals surface area contributed by atoms with E-state index in [-0.39, 0.29) is 29.9 Å². The number of para-hydroxylation sites is 1. The summed E-state index contributed by atoms with van der Waals surface area (Å²) in [4.78, 5) is 12.4. The smallest absolute Gasteiger partial charge is 0.287 e. The number of aromatic nitrogens is 2. The second-order valence-electron chi connectivity index (χ2n) is 6.17. The van der Waals surface area contributed by atoms with Crippen molar-refractivity contribution in [1.29, 1.82) is 0 Å². The number of benzene rings is 2. The van der Waals surface area contributed by atoms with E-state index in [0.717, 1.165) is 16.9 Å². The van der Waals surface area contributed by atoms with E-state index in [1.165, 1.54) is 4.68 Å². The molecule has 0 aliphatic carbocycles. The number of carbonyl (C=O) groups is 1. The monoisotopic (exact) mass is 383 g/mol. The quantitative estimate of drug-likeness (QED) is 0.625. The average Bonchev–Trinajstić information content (AvgIpc) is 3.01. The molecule has 0 saturated heterocycles. The molecule has 1 N–H and O–H groups in total. The molecule has 140 valence electrons. The SMILES string of the molecule is Cc1ccccc1OCc1nn(CC(=O)N[C@@H](C)c2ccccc2)c(=S)o1. The lowest BCUT2D eigenvalue weighted by atomic mass is 10.1. The second-order valence-corrected chi connectivity index (χ2v) is 6.52. The van der Waals surface area contributed by atoms with E-state index < -0.39 is 0 Å². The Labute approximate surface area is 162 Å². The van der Waals surface area contributed by atoms with Gasteiger partial charge >= 0.3 is 0 Å². The van der Waals surface area contributed by atoms with E-state index in [9.17, 15) is 4.79 Å². The zero-order chi connectivity index (χ0) is 19.2. The van der Waals surface area contributed by atoms with Gasteiger partial charge in [0.2, 0.25) is 5.91 Å². The molecule has 0 bridgehead atoms. The molecule has 1 atom stereocenters. The molecule has 3 aromatic rings. The van der Waals surface area contributed by atoms with Gasteiger partial charge in [0.15, 0.2) is 6.61 Å². The fourth-order valence-electron chi connectivity index (χ4n) is 2.61. The van der Waals surface area contributed by atoms with Crippen molar-refractivity contribution in [3.05, 3.63) is 76.5 Å². The maximum atomic E-state index is 12.3. The number of nitrogens with one attached hydrogen (secondary N) is 1. The fraction of sp³-hybridized carbons (Fsp3) is 0.250. The van der Waals surface area contributed by atoms with E-state index in [4.69, 9.17) is 21.4 Å². The Kier molecular flexibility index (Phi) is 6.03. The van der Waals surface area contributed by atoms with Crippen LogP contribution in [0.5, 0.6) is 5.75 Å². The predicted molar refractivity (Wildman–Crippen MR) is 104 cm³/mol. The Morgan fingerprint density at radius 2 is 1.93 bits per heavy atom. The molecule has 7 heteroatoms. The first-order chi connectivity index (χ1) is 13.0. The van der Waals surface area contributed by atoms with Gasteiger partial charge in [0, 0.05) is 0 Å². The van der Waals surface area contributed by atoms with Gasteiger partial charge in [0.1, 0.15) is 12.3 Å². The first-order valence-corrected chi connectivity index (χ1v) is 9.03. The van der Waals surface area contributed by atoms with E-state index in [1.807, 2.05) is 68.4 Å². The molecule has 1 amide bonds. The fourth-order valence-corrected chi connectivity index (χ4v) is 2.82. The number of ether oxygens (including phenoxy) is 1. The molecule has 1 heterocycles. The number of carbonyl (C=O) groups excluding carboxylic acids is 1. The third-order valence-corrected chi connectivity index (χ3v) is 4.36. The first-order valence-electron chi connectivity index (χ1n) is 8.62. The number of amides is 1. The Morgan fingerprint density at radius 3 is 2.67 bits per heavy atom. The number of nitrogens with zero attached hydrogens (tertiary/aromatic N) is 2. The zero-order valence-electron chi connectivity index (χ0n) is 15.2. The van der Waals surface area contributed by atoms with Crippen LogP contribution in [0.25, 0.3) is 0 Å². The van der Waals surface area contributed by atoms with Crippen LogP contribution in [-0.4, -0.2) is 15.7 Å². The topological polar surface area (TPSA) is 69.3 Å². The van der Waals surface area contributed by atoms with Crippen LogP contribution in [0.2, 0.25) is 0 Å². The summed E-state index contributed by atoms with van der Waals surface area (Å²) in [5.41, 5.74) is 2.05. The van der Waals surface area contributed by atoms with Crippen molar-refractivity contribution < 1.29 is 13.9 Å². The predicted octanol–water partition coefficient (Wildman–Crippen LogP) is 3.97. The molecule has 3 rings (SSSR count). The van der Waals surface area contributed by atoms with E-state index in [2.05, 4.69) is 10.4 Å². The molecule has 2 aromatic carbocycles. The Morgan fingerprint density at radius 1 is 1.22 bits per heavy atom. The summed E-state index contributed by atoms with van der Waals surface area (Å²) in [6, 6.07) is 17.3. The molecule has 0 spiro atoms. The van der Waals surface area contributed by atoms with Crippen LogP contribution in [0, 0.1) is 11.8 Å². The van der Waals surface area contributed by atoms with Crippen LogP contribution < -0.4 is 10.1 Å². The van der Waals surface area contributed by atoms with Gasteiger partial charge in [-0.1, -0.05) is 48.5 Å². The second kappa shape index (κ2) is 8.64. The zero-order valence-corrected chi connectivity index (χ0v) is 16.0. The Hall–Kier alpha value is -2.93. The molecule has 6 nitrogen and oxygen atoms in total. The number of aryl methyl sites for hydroxylation is 1. The van der Waals surface area contributed by atoms with Crippen LogP contribution in [-0.2, 0) is 17.9 Å². The normalized spacial score (nSPS) is 11.8. The molecule has 0 aliphatic rings. The van der Waals surface area contributed by atoms with E-state index in [1.54, 1.807) is 0 Å². The first kappa shape index (κ1) is 18.8. The highest BCUT2D eigenvalue weighted by atomic mass is 32.1. The van der Waals surface area contributed by atoms with Crippen molar-refractivity contribution in [3.63, 3.8) is 0 Å². The summed E-state index contributed by atoms with van der Waals surface area (Å²) in [7, 11) is 0. The van der Waals surface area contributed by atoms with Gasteiger partial charge in [-0.25, -0.2) is 4.68 Å². The molecule has 0 radical (unpaired) electrons. The van der Waals surface area contributed by atoms with Crippen LogP contribution >= 0.6 is 12.2 Å². The lowest BCUT2D eigenvalue weighted by Crippen LogP contribution is -2.30. The summed E-state index contributed by atoms with van der Waals surface area (Å²) in [5, 5.41) is 7.16. The molecular formula is C20H21N3O3S. The molecular weight excluding hydrogens is 362 g/mol. The number of rotatable bonds is 7. The van der Waals surface area contributed by atoms with Gasteiger partial charge in [-0.2, -0.15) is 0 Å². The largest absolute Gasteiger partial charge is 0.484 e. The highest BCUT2D eigenvalue weighted by Crippen LogP contribution is 2.17. The van der Waals surface area contributed by atoms with Gasteiger partial charge in [0.05, 0.1) is 6.04 Å². The van der Waals surface area contributed by atoms with Crippen molar-refractivity contribution >= 4 is 18.1 Å². The third-order valence-electron chi connectivity index (χ3n) is 4.06. The minimum atomic E-state index is -0.192. The van der Waals surface area contributed by atoms with E-state index >= 15 is 0 Å². The number of hydrogen-bond acceptors (Lipinski definition) is 5. The maximum absolute atomic E-state index is 12.3. The van der Waals surface area contributed by atoms with Crippen molar-refractivity contribution in [1.82, 2.24) is 15.1 Å². The lowest BCUT2D eigenvalue weighted by Gasteiger charge is -2.13. The third kappa shape index (κ3) is 5.04.